The third kappa shape index (κ3) is 5.76. The molecule has 0 aromatic carbocycles. The highest BCUT2D eigenvalue weighted by Gasteiger charge is 2.34. The lowest BCUT2D eigenvalue weighted by atomic mass is 9.76. The number of carbonyl (C=O) groups excluding carboxylic acids is 1. The zero-order chi connectivity index (χ0) is 16.2. The van der Waals surface area contributed by atoms with Gasteiger partial charge in [-0.1, -0.05) is 0 Å². The normalized spacial score (nSPS) is 28.9. The maximum atomic E-state index is 11.8. The van der Waals surface area contributed by atoms with Crippen LogP contribution in [0, 0.1) is 5.92 Å². The van der Waals surface area contributed by atoms with Crippen LogP contribution in [0.5, 0.6) is 0 Å². The van der Waals surface area contributed by atoms with Crippen LogP contribution in [0.1, 0.15) is 65.7 Å². The first-order valence-electron chi connectivity index (χ1n) is 8.68. The molecule has 1 aliphatic carbocycles. The van der Waals surface area contributed by atoms with Gasteiger partial charge in [0.25, 0.3) is 0 Å². The number of alkyl carbamates (subject to hydrolysis) is 1. The zero-order valence-corrected chi connectivity index (χ0v) is 14.3. The molecular weight excluding hydrogens is 280 g/mol. The molecule has 128 valence electrons. The molecule has 1 aliphatic heterocycles. The van der Waals surface area contributed by atoms with Gasteiger partial charge < -0.3 is 20.5 Å². The first-order valence-corrected chi connectivity index (χ1v) is 8.68. The van der Waals surface area contributed by atoms with Crippen molar-refractivity contribution >= 4 is 6.09 Å². The van der Waals surface area contributed by atoms with E-state index in [4.69, 9.17) is 4.74 Å². The summed E-state index contributed by atoms with van der Waals surface area (Å²) in [5.74, 6) is 0.583. The molecule has 0 bridgehead atoms. The molecule has 1 saturated heterocycles. The minimum absolute atomic E-state index is 0.216. The molecule has 0 atom stereocenters. The Morgan fingerprint density at radius 2 is 1.82 bits per heavy atom. The van der Waals surface area contributed by atoms with Crippen molar-refractivity contribution in [2.75, 3.05) is 13.1 Å². The lowest BCUT2D eigenvalue weighted by molar-refractivity contribution is -0.0174. The van der Waals surface area contributed by atoms with Crippen LogP contribution in [-0.4, -0.2) is 41.5 Å². The van der Waals surface area contributed by atoms with E-state index in [1.54, 1.807) is 0 Å². The van der Waals surface area contributed by atoms with Gasteiger partial charge in [-0.25, -0.2) is 4.79 Å². The number of carbonyl (C=O) groups is 1. The molecule has 0 aromatic heterocycles. The summed E-state index contributed by atoms with van der Waals surface area (Å²) in [6.45, 7) is 7.48. The van der Waals surface area contributed by atoms with E-state index in [9.17, 15) is 9.90 Å². The second-order valence-corrected chi connectivity index (χ2v) is 8.04. The molecule has 0 unspecified atom stereocenters. The minimum atomic E-state index is -0.471. The fourth-order valence-electron chi connectivity index (χ4n) is 3.62. The fourth-order valence-corrected chi connectivity index (χ4v) is 3.62. The summed E-state index contributed by atoms with van der Waals surface area (Å²) in [7, 11) is 0. The van der Waals surface area contributed by atoms with E-state index >= 15 is 0 Å². The SMILES string of the molecule is CC(C)(C)OC(=O)NC1CCC(CC2(O)CCNCC2)CC1. The Hall–Kier alpha value is -0.810. The highest BCUT2D eigenvalue weighted by molar-refractivity contribution is 5.68. The third-order valence-corrected chi connectivity index (χ3v) is 4.77. The van der Waals surface area contributed by atoms with Crippen molar-refractivity contribution in [3.05, 3.63) is 0 Å². The molecule has 5 nitrogen and oxygen atoms in total. The van der Waals surface area contributed by atoms with Crippen LogP contribution in [0.2, 0.25) is 0 Å². The topological polar surface area (TPSA) is 70.6 Å². The van der Waals surface area contributed by atoms with E-state index in [1.807, 2.05) is 20.8 Å². The Kier molecular flexibility index (Phi) is 5.72. The molecule has 1 amide bonds. The standard InChI is InChI=1S/C17H32N2O3/c1-16(2,3)22-15(20)19-14-6-4-13(5-7-14)12-17(21)8-10-18-11-9-17/h13-14,18,21H,4-12H2,1-3H3,(H,19,20). The average molecular weight is 312 g/mol. The molecule has 0 spiro atoms. The predicted octanol–water partition coefficient (Wildman–Crippen LogP) is 2.57. The van der Waals surface area contributed by atoms with Crippen LogP contribution in [0.25, 0.3) is 0 Å². The van der Waals surface area contributed by atoms with E-state index in [0.29, 0.717) is 5.92 Å². The number of rotatable bonds is 3. The van der Waals surface area contributed by atoms with Gasteiger partial charge in [0.2, 0.25) is 0 Å². The van der Waals surface area contributed by atoms with Gasteiger partial charge in [0, 0.05) is 6.04 Å². The van der Waals surface area contributed by atoms with E-state index in [1.165, 1.54) is 0 Å². The van der Waals surface area contributed by atoms with E-state index in [-0.39, 0.29) is 12.1 Å². The second-order valence-electron chi connectivity index (χ2n) is 8.04. The molecule has 1 heterocycles. The predicted molar refractivity (Wildman–Crippen MR) is 86.8 cm³/mol. The van der Waals surface area contributed by atoms with Gasteiger partial charge in [-0.3, -0.25) is 0 Å². The fraction of sp³-hybridized carbons (Fsp3) is 0.941. The Bertz CT molecular complexity index is 365. The Morgan fingerprint density at radius 1 is 1.23 bits per heavy atom. The molecular formula is C17H32N2O3. The van der Waals surface area contributed by atoms with Crippen LogP contribution in [-0.2, 0) is 4.74 Å². The zero-order valence-electron chi connectivity index (χ0n) is 14.3. The van der Waals surface area contributed by atoms with Gasteiger partial charge in [0.05, 0.1) is 5.60 Å². The van der Waals surface area contributed by atoms with Gasteiger partial charge in [-0.15, -0.1) is 0 Å². The van der Waals surface area contributed by atoms with Crippen molar-refractivity contribution in [1.29, 1.82) is 0 Å². The van der Waals surface area contributed by atoms with Crippen LogP contribution >= 0.6 is 0 Å². The third-order valence-electron chi connectivity index (χ3n) is 4.77. The van der Waals surface area contributed by atoms with Crippen molar-refractivity contribution in [1.82, 2.24) is 10.6 Å². The number of aliphatic hydroxyl groups is 1. The van der Waals surface area contributed by atoms with Gasteiger partial charge in [0.1, 0.15) is 5.60 Å². The van der Waals surface area contributed by atoms with Crippen molar-refractivity contribution in [3.8, 4) is 0 Å². The van der Waals surface area contributed by atoms with Gasteiger partial charge in [-0.05, 0) is 84.7 Å². The van der Waals surface area contributed by atoms with E-state index < -0.39 is 11.2 Å². The molecule has 1 saturated carbocycles. The Labute approximate surface area is 134 Å². The van der Waals surface area contributed by atoms with Gasteiger partial charge in [-0.2, -0.15) is 0 Å². The number of piperidine rings is 1. The molecule has 22 heavy (non-hydrogen) atoms. The summed E-state index contributed by atoms with van der Waals surface area (Å²) in [4.78, 5) is 11.8. The van der Waals surface area contributed by atoms with E-state index in [0.717, 1.165) is 58.0 Å². The first-order chi connectivity index (χ1) is 10.3. The number of hydrogen-bond acceptors (Lipinski definition) is 4. The van der Waals surface area contributed by atoms with E-state index in [2.05, 4.69) is 10.6 Å². The first kappa shape index (κ1) is 17.5. The highest BCUT2D eigenvalue weighted by Crippen LogP contribution is 2.34. The molecule has 2 aliphatic rings. The highest BCUT2D eigenvalue weighted by atomic mass is 16.6. The van der Waals surface area contributed by atoms with Crippen molar-refractivity contribution < 1.29 is 14.6 Å². The Morgan fingerprint density at radius 3 is 2.36 bits per heavy atom. The summed E-state index contributed by atoms with van der Waals surface area (Å²) in [5, 5.41) is 16.9. The quantitative estimate of drug-likeness (QED) is 0.749. The lowest BCUT2D eigenvalue weighted by Crippen LogP contribution is -2.45. The molecule has 0 radical (unpaired) electrons. The Balaban J connectivity index is 1.70. The summed E-state index contributed by atoms with van der Waals surface area (Å²) >= 11 is 0. The number of nitrogens with one attached hydrogen (secondary N) is 2. The second kappa shape index (κ2) is 7.18. The average Bonchev–Trinajstić information content (AvgIpc) is 2.39. The molecule has 2 rings (SSSR count). The maximum absolute atomic E-state index is 11.8. The van der Waals surface area contributed by atoms with Crippen LogP contribution < -0.4 is 10.6 Å². The summed E-state index contributed by atoms with van der Waals surface area (Å²) < 4.78 is 5.31. The van der Waals surface area contributed by atoms with Crippen molar-refractivity contribution in [3.63, 3.8) is 0 Å². The van der Waals surface area contributed by atoms with Crippen LogP contribution in [0.4, 0.5) is 4.79 Å². The largest absolute Gasteiger partial charge is 0.444 e. The summed E-state index contributed by atoms with van der Waals surface area (Å²) in [6, 6.07) is 0.216. The van der Waals surface area contributed by atoms with Crippen molar-refractivity contribution in [2.45, 2.75) is 83.0 Å². The smallest absolute Gasteiger partial charge is 0.407 e. The summed E-state index contributed by atoms with van der Waals surface area (Å²) in [5.41, 5.74) is -0.916. The number of amides is 1. The number of hydrogen-bond donors (Lipinski definition) is 3. The lowest BCUT2D eigenvalue weighted by Gasteiger charge is -2.38. The molecule has 2 fully saturated rings. The monoisotopic (exact) mass is 312 g/mol. The number of ether oxygens (including phenoxy) is 1. The summed E-state index contributed by atoms with van der Waals surface area (Å²) in [6.07, 6.45) is 6.45. The maximum Gasteiger partial charge on any atom is 0.407 e. The van der Waals surface area contributed by atoms with Gasteiger partial charge in [0.15, 0.2) is 0 Å². The molecule has 3 N–H and O–H groups in total. The molecule has 0 aromatic rings. The minimum Gasteiger partial charge on any atom is -0.444 e. The molecule has 5 heteroatoms. The van der Waals surface area contributed by atoms with Crippen molar-refractivity contribution in [2.24, 2.45) is 5.92 Å². The van der Waals surface area contributed by atoms with Gasteiger partial charge >= 0.3 is 6.09 Å². The van der Waals surface area contributed by atoms with Crippen LogP contribution in [0.15, 0.2) is 0 Å². The van der Waals surface area contributed by atoms with Crippen LogP contribution in [0.3, 0.4) is 0 Å².